The molecule has 0 fully saturated rings. The lowest BCUT2D eigenvalue weighted by Crippen LogP contribution is -2.06. The molecule has 0 bridgehead atoms. The molecule has 0 radical (unpaired) electrons. The van der Waals surface area contributed by atoms with Gasteiger partial charge in [0, 0.05) is 18.1 Å². The summed E-state index contributed by atoms with van der Waals surface area (Å²) in [6.07, 6.45) is 2.81. The number of nitrogens with zero attached hydrogens (tertiary/aromatic N) is 1. The number of rotatable bonds is 4. The first-order chi connectivity index (χ1) is 10.4. The Morgan fingerprint density at radius 2 is 2.10 bits per heavy atom. The van der Waals surface area contributed by atoms with Gasteiger partial charge < -0.3 is 14.8 Å². The van der Waals surface area contributed by atoms with Gasteiger partial charge in [0.25, 0.3) is 0 Å². The molecule has 4 nitrogen and oxygen atoms in total. The van der Waals surface area contributed by atoms with Gasteiger partial charge in [0.2, 0.25) is 6.79 Å². The second kappa shape index (κ2) is 5.26. The zero-order chi connectivity index (χ0) is 14.1. The highest BCUT2D eigenvalue weighted by Gasteiger charge is 2.15. The molecule has 0 spiro atoms. The first-order valence-corrected chi connectivity index (χ1v) is 7.78. The van der Waals surface area contributed by atoms with Crippen molar-refractivity contribution < 1.29 is 9.47 Å². The molecule has 0 saturated heterocycles. The lowest BCUT2D eigenvalue weighted by molar-refractivity contribution is 0.174. The zero-order valence-corrected chi connectivity index (χ0v) is 12.2. The number of fused-ring (bicyclic) bond motifs is 2. The Balaban J connectivity index is 1.59. The Labute approximate surface area is 126 Å². The average molecular weight is 298 g/mol. The fraction of sp³-hybridized carbons (Fsp3) is 0.188. The van der Waals surface area contributed by atoms with Crippen molar-refractivity contribution in [2.24, 2.45) is 0 Å². The maximum atomic E-state index is 5.45. The minimum atomic E-state index is 0.292. The number of pyridine rings is 1. The normalized spacial score (nSPS) is 12.8. The highest BCUT2D eigenvalue weighted by molar-refractivity contribution is 7.07. The molecule has 1 aliphatic rings. The Morgan fingerprint density at radius 1 is 1.19 bits per heavy atom. The monoisotopic (exact) mass is 298 g/mol. The third kappa shape index (κ3) is 2.40. The molecular formula is C16H14N2O2S. The zero-order valence-electron chi connectivity index (χ0n) is 11.3. The van der Waals surface area contributed by atoms with Gasteiger partial charge in [-0.2, -0.15) is 11.3 Å². The minimum Gasteiger partial charge on any atom is -0.454 e. The highest BCUT2D eigenvalue weighted by atomic mass is 32.1. The Kier molecular flexibility index (Phi) is 3.12. The van der Waals surface area contributed by atoms with Gasteiger partial charge in [0.05, 0.1) is 0 Å². The van der Waals surface area contributed by atoms with Crippen LogP contribution in [0.3, 0.4) is 0 Å². The summed E-state index contributed by atoms with van der Waals surface area (Å²) in [6.45, 7) is 1.15. The van der Waals surface area contributed by atoms with Crippen molar-refractivity contribution >= 4 is 27.9 Å². The Bertz CT molecular complexity index is 771. The molecular weight excluding hydrogens is 284 g/mol. The van der Waals surface area contributed by atoms with Gasteiger partial charge in [-0.3, -0.25) is 0 Å². The van der Waals surface area contributed by atoms with Crippen molar-refractivity contribution in [1.82, 2.24) is 4.98 Å². The largest absolute Gasteiger partial charge is 0.454 e. The molecule has 1 N–H and O–H groups in total. The fourth-order valence-corrected chi connectivity index (χ4v) is 3.17. The van der Waals surface area contributed by atoms with Crippen molar-refractivity contribution in [3.05, 3.63) is 46.8 Å². The Morgan fingerprint density at radius 3 is 2.95 bits per heavy atom. The van der Waals surface area contributed by atoms with Crippen molar-refractivity contribution in [3.8, 4) is 11.5 Å². The van der Waals surface area contributed by atoms with Crippen LogP contribution in [0.5, 0.6) is 11.5 Å². The van der Waals surface area contributed by atoms with Gasteiger partial charge in [-0.25, -0.2) is 4.98 Å². The third-order valence-corrected chi connectivity index (χ3v) is 4.28. The summed E-state index contributed by atoms with van der Waals surface area (Å²) in [4.78, 5) is 4.45. The number of anilines is 1. The molecule has 21 heavy (non-hydrogen) atoms. The van der Waals surface area contributed by atoms with E-state index in [-0.39, 0.29) is 0 Å². The molecule has 0 saturated carbocycles. The lowest BCUT2D eigenvalue weighted by Gasteiger charge is -2.09. The van der Waals surface area contributed by atoms with Crippen LogP contribution in [0.2, 0.25) is 0 Å². The standard InChI is InChI=1S/C16H14N2O2S/c1(11-3-6-21-9-11)4-17-16-13-8-15-14(19-10-20-15)7-12(13)2-5-18-16/h2-3,5-9H,1,4,10H2,(H,17,18). The van der Waals surface area contributed by atoms with E-state index in [0.717, 1.165) is 41.1 Å². The summed E-state index contributed by atoms with van der Waals surface area (Å²) in [5, 5.41) is 9.86. The number of nitrogens with one attached hydrogen (secondary N) is 1. The summed E-state index contributed by atoms with van der Waals surface area (Å²) in [5.41, 5.74) is 1.35. The van der Waals surface area contributed by atoms with Crippen LogP contribution in [0.4, 0.5) is 5.82 Å². The predicted molar refractivity (Wildman–Crippen MR) is 84.4 cm³/mol. The lowest BCUT2D eigenvalue weighted by atomic mass is 10.1. The summed E-state index contributed by atoms with van der Waals surface area (Å²) < 4.78 is 10.9. The van der Waals surface area contributed by atoms with Crippen molar-refractivity contribution in [2.45, 2.75) is 6.42 Å². The van der Waals surface area contributed by atoms with Gasteiger partial charge in [0.1, 0.15) is 5.82 Å². The number of hydrogen-bond acceptors (Lipinski definition) is 5. The molecule has 106 valence electrons. The number of hydrogen-bond donors (Lipinski definition) is 1. The molecule has 5 heteroatoms. The molecule has 3 heterocycles. The average Bonchev–Trinajstić information content (AvgIpc) is 3.16. The van der Waals surface area contributed by atoms with Crippen LogP contribution in [-0.4, -0.2) is 18.3 Å². The van der Waals surface area contributed by atoms with Gasteiger partial charge >= 0.3 is 0 Å². The van der Waals surface area contributed by atoms with Crippen LogP contribution in [0.25, 0.3) is 10.8 Å². The van der Waals surface area contributed by atoms with Gasteiger partial charge in [0.15, 0.2) is 11.5 Å². The second-order valence-electron chi connectivity index (χ2n) is 4.89. The van der Waals surface area contributed by atoms with E-state index in [0.29, 0.717) is 6.79 Å². The van der Waals surface area contributed by atoms with Crippen molar-refractivity contribution in [1.29, 1.82) is 0 Å². The first kappa shape index (κ1) is 12.5. The van der Waals surface area contributed by atoms with Crippen LogP contribution in [0, 0.1) is 0 Å². The summed E-state index contributed by atoms with van der Waals surface area (Å²) >= 11 is 1.73. The van der Waals surface area contributed by atoms with E-state index < -0.39 is 0 Å². The van der Waals surface area contributed by atoms with Crippen LogP contribution in [0.1, 0.15) is 5.56 Å². The second-order valence-corrected chi connectivity index (χ2v) is 5.67. The third-order valence-electron chi connectivity index (χ3n) is 3.54. The van der Waals surface area contributed by atoms with E-state index in [1.54, 1.807) is 11.3 Å². The van der Waals surface area contributed by atoms with Gasteiger partial charge in [-0.1, -0.05) is 0 Å². The molecule has 3 aromatic rings. The SMILES string of the molecule is c1cc2cc3c(cc2c(NCCc2ccsc2)n1)OCO3. The van der Waals surface area contributed by atoms with Crippen molar-refractivity contribution in [3.63, 3.8) is 0 Å². The number of thiophene rings is 1. The summed E-state index contributed by atoms with van der Waals surface area (Å²) in [7, 11) is 0. The summed E-state index contributed by atoms with van der Waals surface area (Å²) in [6, 6.07) is 8.14. The van der Waals surface area contributed by atoms with Crippen LogP contribution < -0.4 is 14.8 Å². The smallest absolute Gasteiger partial charge is 0.231 e. The minimum absolute atomic E-state index is 0.292. The van der Waals surface area contributed by atoms with E-state index >= 15 is 0 Å². The number of benzene rings is 1. The molecule has 0 atom stereocenters. The molecule has 0 amide bonds. The maximum Gasteiger partial charge on any atom is 0.231 e. The van der Waals surface area contributed by atoms with E-state index in [9.17, 15) is 0 Å². The quantitative estimate of drug-likeness (QED) is 0.798. The van der Waals surface area contributed by atoms with Crippen LogP contribution in [0.15, 0.2) is 41.2 Å². The molecule has 1 aliphatic heterocycles. The molecule has 0 aliphatic carbocycles. The molecule has 2 aromatic heterocycles. The predicted octanol–water partition coefficient (Wildman–Crippen LogP) is 3.68. The van der Waals surface area contributed by atoms with Crippen LogP contribution >= 0.6 is 11.3 Å². The molecule has 4 rings (SSSR count). The fourth-order valence-electron chi connectivity index (χ4n) is 2.46. The van der Waals surface area contributed by atoms with Crippen LogP contribution in [-0.2, 0) is 6.42 Å². The molecule has 0 unspecified atom stereocenters. The van der Waals surface area contributed by atoms with E-state index in [4.69, 9.17) is 9.47 Å². The number of aromatic nitrogens is 1. The van der Waals surface area contributed by atoms with Crippen molar-refractivity contribution in [2.75, 3.05) is 18.7 Å². The summed E-state index contributed by atoms with van der Waals surface area (Å²) in [5.74, 6) is 2.48. The van der Waals surface area contributed by atoms with E-state index in [1.807, 2.05) is 24.4 Å². The topological polar surface area (TPSA) is 43.4 Å². The van der Waals surface area contributed by atoms with Gasteiger partial charge in [-0.05, 0) is 52.4 Å². The Hall–Kier alpha value is -2.27. The number of ether oxygens (including phenoxy) is 2. The first-order valence-electron chi connectivity index (χ1n) is 6.83. The van der Waals surface area contributed by atoms with Gasteiger partial charge in [-0.15, -0.1) is 0 Å². The molecule has 1 aromatic carbocycles. The highest BCUT2D eigenvalue weighted by Crippen LogP contribution is 2.37. The van der Waals surface area contributed by atoms with E-state index in [2.05, 4.69) is 27.1 Å². The maximum absolute atomic E-state index is 5.45. The van der Waals surface area contributed by atoms with E-state index in [1.165, 1.54) is 5.56 Å².